The van der Waals surface area contributed by atoms with E-state index in [1.165, 1.54) is 11.3 Å². The number of carbonyl (C=O) groups is 1. The zero-order chi connectivity index (χ0) is 14.2. The first-order valence-corrected chi connectivity index (χ1v) is 7.70. The molecule has 0 fully saturated rings. The fourth-order valence-corrected chi connectivity index (χ4v) is 3.47. The van der Waals surface area contributed by atoms with Gasteiger partial charge in [-0.3, -0.25) is 9.35 Å². The number of benzene rings is 1. The van der Waals surface area contributed by atoms with Crippen LogP contribution in [0.4, 0.5) is 0 Å². The zero-order valence-electron chi connectivity index (χ0n) is 9.98. The number of aryl methyl sites for hydroxylation is 1. The third-order valence-electron chi connectivity index (χ3n) is 2.78. The molecule has 1 atom stereocenters. The van der Waals surface area contributed by atoms with Gasteiger partial charge in [-0.1, -0.05) is 23.5 Å². The summed E-state index contributed by atoms with van der Waals surface area (Å²) in [5.74, 6) is -1.57. The topological polar surface area (TPSA) is 95.5 Å². The van der Waals surface area contributed by atoms with E-state index < -0.39 is 21.3 Å². The Balaban J connectivity index is 2.51. The minimum absolute atomic E-state index is 0.315. The maximum absolute atomic E-state index is 11.1. The van der Waals surface area contributed by atoms with E-state index in [1.54, 1.807) is 23.6 Å². The fourth-order valence-electron chi connectivity index (χ4n) is 1.84. The summed E-state index contributed by atoms with van der Waals surface area (Å²) >= 11 is 1.44. The molecule has 2 rings (SSSR count). The molecule has 0 bridgehead atoms. The van der Waals surface area contributed by atoms with Crippen LogP contribution in [-0.4, -0.2) is 29.3 Å². The van der Waals surface area contributed by atoms with Crippen LogP contribution in [0.5, 0.6) is 0 Å². The Kier molecular flexibility index (Phi) is 3.57. The number of fused-ring (bicyclic) bond motifs is 1. The van der Waals surface area contributed by atoms with Gasteiger partial charge in [-0.05, 0) is 6.07 Å². The number of carboxylic acids is 1. The number of hydrogen-bond acceptors (Lipinski definition) is 4. The van der Waals surface area contributed by atoms with Crippen molar-refractivity contribution < 1.29 is 27.4 Å². The zero-order valence-corrected chi connectivity index (χ0v) is 11.6. The minimum atomic E-state index is -4.64. The van der Waals surface area contributed by atoms with Crippen LogP contribution in [-0.2, 0) is 21.5 Å². The van der Waals surface area contributed by atoms with Crippen molar-refractivity contribution in [2.45, 2.75) is 18.7 Å². The minimum Gasteiger partial charge on any atom is -0.480 e. The highest BCUT2D eigenvalue weighted by atomic mass is 32.2. The van der Waals surface area contributed by atoms with Gasteiger partial charge in [0.1, 0.15) is 4.70 Å². The predicted octanol–water partition coefficient (Wildman–Crippen LogP) is 0.838. The first-order valence-electron chi connectivity index (χ1n) is 5.38. The largest absolute Gasteiger partial charge is 0.480 e. The molecular formula is C11H12NO5S2+. The molecule has 0 aliphatic heterocycles. The lowest BCUT2D eigenvalue weighted by Gasteiger charge is -2.05. The predicted molar refractivity (Wildman–Crippen MR) is 69.7 cm³/mol. The SMILES string of the molecule is Cc1sc2ccccc2[n+]1CC(C(=O)O)S(=O)(=O)O. The van der Waals surface area contributed by atoms with Crippen LogP contribution >= 0.6 is 11.3 Å². The molecule has 1 unspecified atom stereocenters. The van der Waals surface area contributed by atoms with Crippen LogP contribution in [0, 0.1) is 6.92 Å². The van der Waals surface area contributed by atoms with E-state index in [0.717, 1.165) is 15.2 Å². The smallest absolute Gasteiger partial charge is 0.331 e. The van der Waals surface area contributed by atoms with E-state index in [9.17, 15) is 13.2 Å². The summed E-state index contributed by atoms with van der Waals surface area (Å²) in [6.07, 6.45) is 0. The van der Waals surface area contributed by atoms with E-state index in [4.69, 9.17) is 9.66 Å². The van der Waals surface area contributed by atoms with Crippen LogP contribution in [0.2, 0.25) is 0 Å². The number of hydrogen-bond donors (Lipinski definition) is 2. The van der Waals surface area contributed by atoms with E-state index >= 15 is 0 Å². The van der Waals surface area contributed by atoms with Gasteiger partial charge in [0.05, 0.1) is 0 Å². The van der Waals surface area contributed by atoms with E-state index in [2.05, 4.69) is 0 Å². The van der Waals surface area contributed by atoms with Crippen molar-refractivity contribution in [3.8, 4) is 0 Å². The van der Waals surface area contributed by atoms with Gasteiger partial charge in [0.15, 0.2) is 6.54 Å². The average molecular weight is 302 g/mol. The van der Waals surface area contributed by atoms with Gasteiger partial charge in [0.2, 0.25) is 15.8 Å². The number of rotatable bonds is 4. The van der Waals surface area contributed by atoms with E-state index in [0.29, 0.717) is 0 Å². The standard InChI is InChI=1S/C11H11NO5S2/c1-7-12(6-10(11(13)14)19(15,16)17)8-4-2-3-5-9(8)18-7/h2-5,10H,6H2,1H3,(H-,13,14,15,16,17)/p+1. The monoisotopic (exact) mass is 302 g/mol. The highest BCUT2D eigenvalue weighted by Crippen LogP contribution is 2.19. The maximum atomic E-state index is 11.1. The Morgan fingerprint density at radius 3 is 2.63 bits per heavy atom. The van der Waals surface area contributed by atoms with Crippen LogP contribution in [0.3, 0.4) is 0 Å². The van der Waals surface area contributed by atoms with Crippen molar-refractivity contribution in [1.29, 1.82) is 0 Å². The van der Waals surface area contributed by atoms with Crippen LogP contribution < -0.4 is 4.57 Å². The normalized spacial score (nSPS) is 13.6. The summed E-state index contributed by atoms with van der Waals surface area (Å²) in [4.78, 5) is 11.0. The van der Waals surface area contributed by atoms with Crippen molar-refractivity contribution >= 4 is 37.6 Å². The molecule has 0 spiro atoms. The molecule has 0 aliphatic carbocycles. The van der Waals surface area contributed by atoms with Gasteiger partial charge in [-0.15, -0.1) is 0 Å². The Morgan fingerprint density at radius 1 is 1.42 bits per heavy atom. The summed E-state index contributed by atoms with van der Waals surface area (Å²) < 4.78 is 33.7. The average Bonchev–Trinajstić information content (AvgIpc) is 2.59. The van der Waals surface area contributed by atoms with Crippen molar-refractivity contribution in [2.24, 2.45) is 0 Å². The lowest BCUT2D eigenvalue weighted by Crippen LogP contribution is -2.47. The number of para-hydroxylation sites is 1. The summed E-state index contributed by atoms with van der Waals surface area (Å²) in [7, 11) is -4.64. The third-order valence-corrected chi connectivity index (χ3v) is 4.93. The molecule has 19 heavy (non-hydrogen) atoms. The molecule has 2 N–H and O–H groups in total. The molecule has 0 aliphatic rings. The molecule has 1 heterocycles. The summed E-state index contributed by atoms with van der Waals surface area (Å²) in [6, 6.07) is 7.28. The van der Waals surface area contributed by atoms with Gasteiger partial charge in [-0.25, -0.2) is 0 Å². The van der Waals surface area contributed by atoms with Gasteiger partial charge < -0.3 is 5.11 Å². The van der Waals surface area contributed by atoms with E-state index in [1.807, 2.05) is 12.1 Å². The Hall–Kier alpha value is -1.51. The molecule has 2 aromatic rings. The summed E-state index contributed by atoms with van der Waals surface area (Å²) in [6.45, 7) is 1.46. The highest BCUT2D eigenvalue weighted by molar-refractivity contribution is 7.87. The molecule has 0 radical (unpaired) electrons. The van der Waals surface area contributed by atoms with Gasteiger partial charge in [-0.2, -0.15) is 13.0 Å². The Morgan fingerprint density at radius 2 is 2.05 bits per heavy atom. The van der Waals surface area contributed by atoms with Gasteiger partial charge in [0, 0.05) is 13.0 Å². The second kappa shape index (κ2) is 4.87. The second-order valence-corrected chi connectivity index (χ2v) is 6.88. The van der Waals surface area contributed by atoms with Crippen molar-refractivity contribution in [1.82, 2.24) is 0 Å². The lowest BCUT2D eigenvalue weighted by atomic mass is 10.3. The summed E-state index contributed by atoms with van der Waals surface area (Å²) in [5.41, 5.74) is 0.750. The Labute approximate surface area is 113 Å². The molecule has 0 saturated heterocycles. The molecule has 1 aromatic carbocycles. The number of thiazole rings is 1. The molecular weight excluding hydrogens is 290 g/mol. The molecule has 0 saturated carbocycles. The van der Waals surface area contributed by atoms with Crippen molar-refractivity contribution in [3.63, 3.8) is 0 Å². The van der Waals surface area contributed by atoms with Crippen molar-refractivity contribution in [3.05, 3.63) is 29.3 Å². The lowest BCUT2D eigenvalue weighted by molar-refractivity contribution is -0.671. The molecule has 102 valence electrons. The van der Waals surface area contributed by atoms with Gasteiger partial charge >= 0.3 is 5.97 Å². The van der Waals surface area contributed by atoms with E-state index in [-0.39, 0.29) is 6.54 Å². The third kappa shape index (κ3) is 2.75. The number of aliphatic carboxylic acids is 1. The first kappa shape index (κ1) is 13.9. The molecule has 8 heteroatoms. The van der Waals surface area contributed by atoms with Crippen LogP contribution in [0.1, 0.15) is 5.01 Å². The second-order valence-electron chi connectivity index (χ2n) is 4.04. The van der Waals surface area contributed by atoms with Crippen LogP contribution in [0.25, 0.3) is 10.2 Å². The molecule has 1 aromatic heterocycles. The van der Waals surface area contributed by atoms with Crippen LogP contribution in [0.15, 0.2) is 24.3 Å². The fraction of sp³-hybridized carbons (Fsp3) is 0.273. The number of nitrogens with zero attached hydrogens (tertiary/aromatic N) is 1. The van der Waals surface area contributed by atoms with Gasteiger partial charge in [0.25, 0.3) is 10.1 Å². The maximum Gasteiger partial charge on any atom is 0.331 e. The van der Waals surface area contributed by atoms with Crippen molar-refractivity contribution in [2.75, 3.05) is 0 Å². The highest BCUT2D eigenvalue weighted by Gasteiger charge is 2.36. The molecule has 0 amide bonds. The molecule has 6 nitrogen and oxygen atoms in total. The number of aromatic nitrogens is 1. The number of carboxylic acid groups (broad SMARTS) is 1. The Bertz CT molecular complexity index is 735. The summed E-state index contributed by atoms with van der Waals surface area (Å²) in [5, 5.41) is 7.83. The first-order chi connectivity index (χ1) is 8.80. The quantitative estimate of drug-likeness (QED) is 0.644.